The number of hydrogen-bond acceptors (Lipinski definition) is 1. The fourth-order valence-electron chi connectivity index (χ4n) is 1.20. The molecule has 0 rings (SSSR count). The van der Waals surface area contributed by atoms with Crippen molar-refractivity contribution >= 4 is 5.78 Å². The molecule has 0 aromatic rings. The lowest BCUT2D eigenvalue weighted by molar-refractivity contribution is -0.112. The van der Waals surface area contributed by atoms with Gasteiger partial charge in [-0.3, -0.25) is 4.79 Å². The van der Waals surface area contributed by atoms with Gasteiger partial charge in [0, 0.05) is 0 Å². The first-order valence-corrected chi connectivity index (χ1v) is 5.19. The summed E-state index contributed by atoms with van der Waals surface area (Å²) >= 11 is 0. The van der Waals surface area contributed by atoms with Crippen LogP contribution in [0.3, 0.4) is 0 Å². The molecular weight excluding hydrogens is 160 g/mol. The van der Waals surface area contributed by atoms with Gasteiger partial charge in [0.25, 0.3) is 0 Å². The molecule has 0 saturated carbocycles. The Morgan fingerprint density at radius 1 is 1.23 bits per heavy atom. The molecule has 0 bridgehead atoms. The monoisotopic (exact) mass is 182 g/mol. The average molecular weight is 182 g/mol. The minimum atomic E-state index is 0.149. The third kappa shape index (κ3) is 9.32. The second-order valence-corrected chi connectivity index (χ2v) is 4.33. The highest BCUT2D eigenvalue weighted by Crippen LogP contribution is 2.14. The lowest BCUT2D eigenvalue weighted by atomic mass is 9.96. The molecule has 1 heteroatoms. The molecule has 1 unspecified atom stereocenters. The lowest BCUT2D eigenvalue weighted by Gasteiger charge is -2.09. The predicted molar refractivity (Wildman–Crippen MR) is 57.7 cm³/mol. The van der Waals surface area contributed by atoms with Gasteiger partial charge in [-0.25, -0.2) is 0 Å². The van der Waals surface area contributed by atoms with Crippen molar-refractivity contribution in [2.45, 2.75) is 47.0 Å². The molecule has 0 N–H and O–H groups in total. The Hall–Kier alpha value is -0.590. The van der Waals surface area contributed by atoms with Crippen LogP contribution in [-0.4, -0.2) is 5.78 Å². The first kappa shape index (κ1) is 12.4. The van der Waals surface area contributed by atoms with Crippen molar-refractivity contribution in [3.05, 3.63) is 12.2 Å². The Morgan fingerprint density at radius 2 is 1.85 bits per heavy atom. The van der Waals surface area contributed by atoms with Crippen LogP contribution in [0.25, 0.3) is 0 Å². The Labute approximate surface area is 82.2 Å². The molecular formula is C12H22O. The van der Waals surface area contributed by atoms with E-state index in [9.17, 15) is 4.79 Å². The number of carbonyl (C=O) groups is 1. The summed E-state index contributed by atoms with van der Waals surface area (Å²) in [7, 11) is 0. The summed E-state index contributed by atoms with van der Waals surface area (Å²) in [4.78, 5) is 10.6. The summed E-state index contributed by atoms with van der Waals surface area (Å²) < 4.78 is 0. The zero-order valence-electron chi connectivity index (χ0n) is 9.34. The van der Waals surface area contributed by atoms with Crippen LogP contribution in [-0.2, 0) is 4.79 Å². The van der Waals surface area contributed by atoms with Crippen LogP contribution in [0.2, 0.25) is 0 Å². The van der Waals surface area contributed by atoms with Gasteiger partial charge in [0.15, 0.2) is 5.78 Å². The van der Waals surface area contributed by atoms with Crippen molar-refractivity contribution in [1.29, 1.82) is 0 Å². The number of carbonyl (C=O) groups excluding carboxylic acids is 1. The Kier molecular flexibility index (Phi) is 6.56. The Bertz CT molecular complexity index is 168. The number of hydrogen-bond donors (Lipinski definition) is 0. The topological polar surface area (TPSA) is 17.1 Å². The van der Waals surface area contributed by atoms with Gasteiger partial charge in [0.05, 0.1) is 0 Å². The maximum Gasteiger partial charge on any atom is 0.152 e. The van der Waals surface area contributed by atoms with Gasteiger partial charge in [-0.15, -0.1) is 0 Å². The maximum atomic E-state index is 10.6. The summed E-state index contributed by atoms with van der Waals surface area (Å²) in [5, 5.41) is 0. The van der Waals surface area contributed by atoms with Gasteiger partial charge in [0.1, 0.15) is 0 Å². The van der Waals surface area contributed by atoms with Gasteiger partial charge in [-0.1, -0.05) is 39.7 Å². The second-order valence-electron chi connectivity index (χ2n) is 4.33. The van der Waals surface area contributed by atoms with Crippen LogP contribution >= 0.6 is 0 Å². The van der Waals surface area contributed by atoms with E-state index in [1.54, 1.807) is 13.0 Å². The molecule has 0 saturated heterocycles. The number of rotatable bonds is 6. The molecule has 0 aromatic carbocycles. The SMILES string of the molecule is CC(=O)/C=C/CC(C)CCC(C)C. The van der Waals surface area contributed by atoms with E-state index in [4.69, 9.17) is 0 Å². The van der Waals surface area contributed by atoms with Crippen LogP contribution in [0.5, 0.6) is 0 Å². The molecule has 1 nitrogen and oxygen atoms in total. The van der Waals surface area contributed by atoms with Gasteiger partial charge in [-0.05, 0) is 31.3 Å². The van der Waals surface area contributed by atoms with Gasteiger partial charge < -0.3 is 0 Å². The van der Waals surface area contributed by atoms with Crippen molar-refractivity contribution in [3.8, 4) is 0 Å². The highest BCUT2D eigenvalue weighted by molar-refractivity contribution is 5.87. The van der Waals surface area contributed by atoms with E-state index in [2.05, 4.69) is 20.8 Å². The molecule has 0 aliphatic carbocycles. The highest BCUT2D eigenvalue weighted by atomic mass is 16.1. The smallest absolute Gasteiger partial charge is 0.152 e. The molecule has 13 heavy (non-hydrogen) atoms. The molecule has 0 aromatic heterocycles. The molecule has 76 valence electrons. The third-order valence-electron chi connectivity index (χ3n) is 2.13. The van der Waals surface area contributed by atoms with E-state index in [0.29, 0.717) is 5.92 Å². The number of allylic oxidation sites excluding steroid dienone is 2. The van der Waals surface area contributed by atoms with E-state index in [1.165, 1.54) is 12.8 Å². The lowest BCUT2D eigenvalue weighted by Crippen LogP contribution is -1.96. The van der Waals surface area contributed by atoms with Crippen molar-refractivity contribution in [3.63, 3.8) is 0 Å². The minimum Gasteiger partial charge on any atom is -0.295 e. The molecule has 1 atom stereocenters. The fraction of sp³-hybridized carbons (Fsp3) is 0.750. The highest BCUT2D eigenvalue weighted by Gasteiger charge is 2.01. The zero-order valence-corrected chi connectivity index (χ0v) is 9.34. The van der Waals surface area contributed by atoms with Crippen LogP contribution in [0, 0.1) is 11.8 Å². The third-order valence-corrected chi connectivity index (χ3v) is 2.13. The molecule has 0 spiro atoms. The van der Waals surface area contributed by atoms with E-state index in [1.807, 2.05) is 6.08 Å². The van der Waals surface area contributed by atoms with Gasteiger partial charge >= 0.3 is 0 Å². The predicted octanol–water partition coefficient (Wildman–Crippen LogP) is 3.59. The van der Waals surface area contributed by atoms with Crippen LogP contribution in [0.1, 0.15) is 47.0 Å². The standard InChI is InChI=1S/C12H22O/c1-10(2)8-9-11(3)6-5-7-12(4)13/h5,7,10-11H,6,8-9H2,1-4H3/b7-5+. The summed E-state index contributed by atoms with van der Waals surface area (Å²) in [5.74, 6) is 1.65. The quantitative estimate of drug-likeness (QED) is 0.574. The molecule has 0 aliphatic rings. The normalized spacial score (nSPS) is 13.9. The minimum absolute atomic E-state index is 0.149. The Balaban J connectivity index is 3.51. The second kappa shape index (κ2) is 6.88. The van der Waals surface area contributed by atoms with E-state index >= 15 is 0 Å². The van der Waals surface area contributed by atoms with Crippen LogP contribution in [0.15, 0.2) is 12.2 Å². The van der Waals surface area contributed by atoms with E-state index < -0.39 is 0 Å². The van der Waals surface area contributed by atoms with E-state index in [0.717, 1.165) is 12.3 Å². The molecule has 0 heterocycles. The van der Waals surface area contributed by atoms with Crippen molar-refractivity contribution in [1.82, 2.24) is 0 Å². The van der Waals surface area contributed by atoms with Gasteiger partial charge in [-0.2, -0.15) is 0 Å². The summed E-state index contributed by atoms with van der Waals surface area (Å²) in [6.07, 6.45) is 7.25. The van der Waals surface area contributed by atoms with Crippen molar-refractivity contribution in [2.24, 2.45) is 11.8 Å². The Morgan fingerprint density at radius 3 is 2.31 bits per heavy atom. The molecule has 0 fully saturated rings. The van der Waals surface area contributed by atoms with Gasteiger partial charge in [0.2, 0.25) is 0 Å². The molecule has 0 aliphatic heterocycles. The summed E-state index contributed by atoms with van der Waals surface area (Å²) in [6.45, 7) is 8.33. The number of ketones is 1. The molecule has 0 radical (unpaired) electrons. The van der Waals surface area contributed by atoms with E-state index in [-0.39, 0.29) is 5.78 Å². The zero-order chi connectivity index (χ0) is 10.3. The fourth-order valence-corrected chi connectivity index (χ4v) is 1.20. The summed E-state index contributed by atoms with van der Waals surface area (Å²) in [5.41, 5.74) is 0. The van der Waals surface area contributed by atoms with Crippen molar-refractivity contribution in [2.75, 3.05) is 0 Å². The first-order valence-electron chi connectivity index (χ1n) is 5.19. The first-order chi connectivity index (χ1) is 6.02. The average Bonchev–Trinajstić information content (AvgIpc) is 2.00. The van der Waals surface area contributed by atoms with Crippen LogP contribution in [0.4, 0.5) is 0 Å². The summed E-state index contributed by atoms with van der Waals surface area (Å²) in [6, 6.07) is 0. The maximum absolute atomic E-state index is 10.6. The molecule has 0 amide bonds. The van der Waals surface area contributed by atoms with Crippen molar-refractivity contribution < 1.29 is 4.79 Å². The van der Waals surface area contributed by atoms with Crippen LogP contribution < -0.4 is 0 Å². The largest absolute Gasteiger partial charge is 0.295 e.